The summed E-state index contributed by atoms with van der Waals surface area (Å²) in [5.74, 6) is -0.373. The number of halogens is 3. The molecule has 1 aromatic heterocycles. The Morgan fingerprint density at radius 3 is 2.54 bits per heavy atom. The highest BCUT2D eigenvalue weighted by Gasteiger charge is 2.38. The number of nitrogens with zero attached hydrogens (tertiary/aromatic N) is 2. The fraction of sp³-hybridized carbons (Fsp3) is 0.125. The maximum absolute atomic E-state index is 12.5. The molecular formula is C16H10F3N2O3. The summed E-state index contributed by atoms with van der Waals surface area (Å²) in [6.07, 6.45) is -4.69. The third kappa shape index (κ3) is 3.32. The average Bonchev–Trinajstić information content (AvgIpc) is 3.06. The topological polar surface area (TPSA) is 57.4 Å². The van der Waals surface area contributed by atoms with Gasteiger partial charge in [-0.2, -0.15) is 18.2 Å². The standard InChI is InChI=1S/C16H10F3N2O3/c1-22-12-7-2-3-8-13(12)23-11-6-4-5-10(9-11)14-20-15(24-21-14)16(17,18)19/h2-5,7-9H,1H3. The summed E-state index contributed by atoms with van der Waals surface area (Å²) in [6, 6.07) is 14.2. The monoisotopic (exact) mass is 335 g/mol. The Labute approximate surface area is 134 Å². The summed E-state index contributed by atoms with van der Waals surface area (Å²) < 4.78 is 52.6. The SMILES string of the molecule is COc1ccccc1Oc1[c]ccc(-c2noc(C(F)(F)F)n2)c1. The smallest absolute Gasteiger partial charge is 0.471 e. The molecule has 1 heterocycles. The van der Waals surface area contributed by atoms with Crippen LogP contribution in [0.1, 0.15) is 5.89 Å². The van der Waals surface area contributed by atoms with Crippen LogP contribution in [0, 0.1) is 6.07 Å². The lowest BCUT2D eigenvalue weighted by Gasteiger charge is -2.09. The van der Waals surface area contributed by atoms with E-state index in [4.69, 9.17) is 9.47 Å². The second kappa shape index (κ2) is 6.23. The molecule has 2 aromatic carbocycles. The van der Waals surface area contributed by atoms with Crippen molar-refractivity contribution < 1.29 is 27.2 Å². The van der Waals surface area contributed by atoms with Crippen LogP contribution in [0.3, 0.4) is 0 Å². The lowest BCUT2D eigenvalue weighted by molar-refractivity contribution is -0.159. The second-order valence-corrected chi connectivity index (χ2v) is 4.62. The van der Waals surface area contributed by atoms with Gasteiger partial charge in [0.2, 0.25) is 5.82 Å². The van der Waals surface area contributed by atoms with E-state index in [0.29, 0.717) is 17.1 Å². The number of alkyl halides is 3. The molecule has 8 heteroatoms. The fourth-order valence-corrected chi connectivity index (χ4v) is 1.92. The van der Waals surface area contributed by atoms with Crippen LogP contribution >= 0.6 is 0 Å². The molecule has 0 amide bonds. The van der Waals surface area contributed by atoms with Gasteiger partial charge >= 0.3 is 12.1 Å². The predicted octanol–water partition coefficient (Wildman–Crippen LogP) is 4.36. The number of para-hydroxylation sites is 2. The van der Waals surface area contributed by atoms with E-state index in [1.54, 1.807) is 24.3 Å². The number of hydrogen-bond acceptors (Lipinski definition) is 5. The number of rotatable bonds is 4. The Bertz CT molecular complexity index is 846. The molecule has 0 unspecified atom stereocenters. The minimum Gasteiger partial charge on any atom is -0.493 e. The lowest BCUT2D eigenvalue weighted by atomic mass is 10.2. The van der Waals surface area contributed by atoms with Crippen LogP contribution in [-0.4, -0.2) is 17.3 Å². The zero-order chi connectivity index (χ0) is 17.2. The van der Waals surface area contributed by atoms with Crippen LogP contribution in [0.5, 0.6) is 17.2 Å². The van der Waals surface area contributed by atoms with Crippen LogP contribution < -0.4 is 9.47 Å². The maximum atomic E-state index is 12.5. The Morgan fingerprint density at radius 1 is 1.12 bits per heavy atom. The normalized spacial score (nSPS) is 11.3. The van der Waals surface area contributed by atoms with Crippen molar-refractivity contribution in [2.24, 2.45) is 0 Å². The van der Waals surface area contributed by atoms with Gasteiger partial charge in [0.25, 0.3) is 0 Å². The van der Waals surface area contributed by atoms with Gasteiger partial charge in [0.15, 0.2) is 11.5 Å². The van der Waals surface area contributed by atoms with Gasteiger partial charge in [0.1, 0.15) is 5.75 Å². The summed E-state index contributed by atoms with van der Waals surface area (Å²) >= 11 is 0. The van der Waals surface area contributed by atoms with Crippen LogP contribution in [0.4, 0.5) is 13.2 Å². The largest absolute Gasteiger partial charge is 0.493 e. The first-order valence-corrected chi connectivity index (χ1v) is 6.71. The Hall–Kier alpha value is -3.03. The third-order valence-corrected chi connectivity index (χ3v) is 2.99. The highest BCUT2D eigenvalue weighted by atomic mass is 19.4. The second-order valence-electron chi connectivity index (χ2n) is 4.62. The van der Waals surface area contributed by atoms with Crippen molar-refractivity contribution in [3.63, 3.8) is 0 Å². The Balaban J connectivity index is 1.88. The molecule has 0 aliphatic rings. The van der Waals surface area contributed by atoms with Gasteiger partial charge in [-0.1, -0.05) is 23.4 Å². The van der Waals surface area contributed by atoms with E-state index in [1.165, 1.54) is 25.3 Å². The highest BCUT2D eigenvalue weighted by molar-refractivity contribution is 5.57. The first kappa shape index (κ1) is 15.9. The average molecular weight is 335 g/mol. The van der Waals surface area contributed by atoms with E-state index in [2.05, 4.69) is 20.7 Å². The first-order chi connectivity index (χ1) is 11.5. The zero-order valence-electron chi connectivity index (χ0n) is 12.3. The quantitative estimate of drug-likeness (QED) is 0.709. The van der Waals surface area contributed by atoms with Crippen molar-refractivity contribution >= 4 is 0 Å². The van der Waals surface area contributed by atoms with Gasteiger partial charge < -0.3 is 14.0 Å². The van der Waals surface area contributed by atoms with Crippen LogP contribution in [0.2, 0.25) is 0 Å². The Kier molecular flexibility index (Phi) is 4.11. The highest BCUT2D eigenvalue weighted by Crippen LogP contribution is 2.33. The number of ether oxygens (including phenoxy) is 2. The van der Waals surface area contributed by atoms with Crippen LogP contribution in [0.25, 0.3) is 11.4 Å². The van der Waals surface area contributed by atoms with Crippen LogP contribution in [0.15, 0.2) is 47.0 Å². The predicted molar refractivity (Wildman–Crippen MR) is 76.6 cm³/mol. The molecule has 24 heavy (non-hydrogen) atoms. The molecule has 0 bridgehead atoms. The fourth-order valence-electron chi connectivity index (χ4n) is 1.92. The molecule has 5 nitrogen and oxygen atoms in total. The molecule has 0 aliphatic heterocycles. The number of aromatic nitrogens is 2. The van der Waals surface area contributed by atoms with Crippen molar-refractivity contribution in [1.82, 2.24) is 10.1 Å². The van der Waals surface area contributed by atoms with E-state index in [-0.39, 0.29) is 11.6 Å². The molecule has 0 saturated heterocycles. The minimum atomic E-state index is -4.69. The molecule has 0 saturated carbocycles. The van der Waals surface area contributed by atoms with Gasteiger partial charge in [-0.25, -0.2) is 0 Å². The molecule has 0 atom stereocenters. The maximum Gasteiger partial charge on any atom is 0.471 e. The molecule has 0 fully saturated rings. The summed E-state index contributed by atoms with van der Waals surface area (Å²) in [6.45, 7) is 0. The number of benzene rings is 2. The van der Waals surface area contributed by atoms with Crippen molar-refractivity contribution in [3.8, 4) is 28.6 Å². The summed E-state index contributed by atoms with van der Waals surface area (Å²) in [4.78, 5) is 3.34. The Morgan fingerprint density at radius 2 is 1.88 bits per heavy atom. The molecule has 3 aromatic rings. The van der Waals surface area contributed by atoms with E-state index in [0.717, 1.165) is 0 Å². The van der Waals surface area contributed by atoms with Crippen molar-refractivity contribution in [2.45, 2.75) is 6.18 Å². The molecular weight excluding hydrogens is 325 g/mol. The van der Waals surface area contributed by atoms with Crippen molar-refractivity contribution in [2.75, 3.05) is 7.11 Å². The van der Waals surface area contributed by atoms with Gasteiger partial charge in [-0.3, -0.25) is 0 Å². The molecule has 0 N–H and O–H groups in total. The number of methoxy groups -OCH3 is 1. The summed E-state index contributed by atoms with van der Waals surface area (Å²) in [7, 11) is 1.50. The van der Waals surface area contributed by atoms with E-state index in [9.17, 15) is 13.2 Å². The number of hydrogen-bond donors (Lipinski definition) is 0. The van der Waals surface area contributed by atoms with Crippen molar-refractivity contribution in [1.29, 1.82) is 0 Å². The van der Waals surface area contributed by atoms with E-state index in [1.807, 2.05) is 0 Å². The molecule has 0 aliphatic carbocycles. The molecule has 1 radical (unpaired) electrons. The van der Waals surface area contributed by atoms with Crippen molar-refractivity contribution in [3.05, 3.63) is 54.4 Å². The minimum absolute atomic E-state index is 0.193. The zero-order valence-corrected chi connectivity index (χ0v) is 12.3. The summed E-state index contributed by atoms with van der Waals surface area (Å²) in [5.41, 5.74) is 0.304. The summed E-state index contributed by atoms with van der Waals surface area (Å²) in [5, 5.41) is 3.33. The third-order valence-electron chi connectivity index (χ3n) is 2.99. The van der Waals surface area contributed by atoms with Gasteiger partial charge in [-0.05, 0) is 24.3 Å². The van der Waals surface area contributed by atoms with Gasteiger partial charge in [-0.15, -0.1) is 0 Å². The molecule has 3 rings (SSSR count). The van der Waals surface area contributed by atoms with Gasteiger partial charge in [0, 0.05) is 11.6 Å². The molecule has 0 spiro atoms. The van der Waals surface area contributed by atoms with Gasteiger partial charge in [0.05, 0.1) is 7.11 Å². The van der Waals surface area contributed by atoms with E-state index < -0.39 is 12.1 Å². The molecule has 123 valence electrons. The van der Waals surface area contributed by atoms with Crippen LogP contribution in [-0.2, 0) is 6.18 Å². The van der Waals surface area contributed by atoms with E-state index >= 15 is 0 Å². The first-order valence-electron chi connectivity index (χ1n) is 6.71. The lowest BCUT2D eigenvalue weighted by Crippen LogP contribution is -2.04.